The van der Waals surface area contributed by atoms with Crippen LogP contribution in [0.3, 0.4) is 0 Å². The summed E-state index contributed by atoms with van der Waals surface area (Å²) in [5.41, 5.74) is 5.04. The van der Waals surface area contributed by atoms with Crippen LogP contribution in [0.25, 0.3) is 0 Å². The lowest BCUT2D eigenvalue weighted by molar-refractivity contribution is 0.0517. The molecule has 0 aliphatic carbocycles. The van der Waals surface area contributed by atoms with E-state index in [1.165, 1.54) is 11.1 Å². The van der Waals surface area contributed by atoms with Crippen LogP contribution in [0, 0.1) is 6.92 Å². The van der Waals surface area contributed by atoms with Gasteiger partial charge in [0.1, 0.15) is 0 Å². The van der Waals surface area contributed by atoms with E-state index in [1.54, 1.807) is 0 Å². The van der Waals surface area contributed by atoms with Crippen molar-refractivity contribution in [3.63, 3.8) is 0 Å². The summed E-state index contributed by atoms with van der Waals surface area (Å²) in [7, 11) is 0. The van der Waals surface area contributed by atoms with E-state index in [0.29, 0.717) is 18.8 Å². The van der Waals surface area contributed by atoms with Crippen LogP contribution in [0.5, 0.6) is 0 Å². The maximum absolute atomic E-state index is 12.2. The van der Waals surface area contributed by atoms with Crippen molar-refractivity contribution in [2.45, 2.75) is 39.8 Å². The summed E-state index contributed by atoms with van der Waals surface area (Å²) in [6.07, 6.45) is 0.873. The largest absolute Gasteiger partial charge is 0.461 e. The van der Waals surface area contributed by atoms with Crippen LogP contribution in [0.4, 0.5) is 0 Å². The molecule has 1 atom stereocenters. The minimum absolute atomic E-state index is 0.0891. The van der Waals surface area contributed by atoms with E-state index >= 15 is 0 Å². The molecule has 1 aliphatic heterocycles. The molecule has 0 bridgehead atoms. The molecule has 0 fully saturated rings. The minimum atomic E-state index is -0.330. The molecular weight excluding hydrogens is 290 g/mol. The first kappa shape index (κ1) is 15.7. The molecule has 1 aromatic heterocycles. The summed E-state index contributed by atoms with van der Waals surface area (Å²) in [5.74, 6) is -0.330. The monoisotopic (exact) mass is 313 g/mol. The summed E-state index contributed by atoms with van der Waals surface area (Å²) in [6.45, 7) is 7.99. The van der Waals surface area contributed by atoms with Crippen LogP contribution in [0.1, 0.15) is 52.8 Å². The van der Waals surface area contributed by atoms with Gasteiger partial charge in [-0.3, -0.25) is 4.68 Å². The molecule has 3 rings (SSSR count). The van der Waals surface area contributed by atoms with E-state index in [-0.39, 0.29) is 12.0 Å². The molecule has 2 aromatic rings. The highest BCUT2D eigenvalue weighted by Gasteiger charge is 2.28. The first-order chi connectivity index (χ1) is 11.1. The number of hydrogen-bond acceptors (Lipinski definition) is 4. The zero-order valence-corrected chi connectivity index (χ0v) is 13.9. The van der Waals surface area contributed by atoms with Crippen LogP contribution in [0.2, 0.25) is 0 Å². The van der Waals surface area contributed by atoms with E-state index in [9.17, 15) is 4.79 Å². The van der Waals surface area contributed by atoms with Crippen LogP contribution < -0.4 is 5.32 Å². The number of esters is 1. The van der Waals surface area contributed by atoms with Crippen LogP contribution >= 0.6 is 0 Å². The van der Waals surface area contributed by atoms with Gasteiger partial charge >= 0.3 is 5.97 Å². The fourth-order valence-electron chi connectivity index (χ4n) is 3.25. The zero-order chi connectivity index (χ0) is 16.4. The smallest absolute Gasteiger partial charge is 0.359 e. The second-order valence-electron chi connectivity index (χ2n) is 5.90. The van der Waals surface area contributed by atoms with Gasteiger partial charge in [0.25, 0.3) is 0 Å². The highest BCUT2D eigenvalue weighted by Crippen LogP contribution is 2.27. The van der Waals surface area contributed by atoms with E-state index in [1.807, 2.05) is 23.7 Å². The number of rotatable bonds is 4. The second-order valence-corrected chi connectivity index (χ2v) is 5.90. The third-order valence-corrected chi connectivity index (χ3v) is 4.43. The van der Waals surface area contributed by atoms with Gasteiger partial charge in [0, 0.05) is 30.8 Å². The molecule has 1 aromatic carbocycles. The Morgan fingerprint density at radius 1 is 1.43 bits per heavy atom. The SMILES string of the molecule is CCOC(=O)c1nn(C(C)c2ccccc2C)c2c1CNCC2. The number of aromatic nitrogens is 2. The van der Waals surface area contributed by atoms with Crippen molar-refractivity contribution < 1.29 is 9.53 Å². The Bertz CT molecular complexity index is 721. The van der Waals surface area contributed by atoms with Gasteiger partial charge in [-0.2, -0.15) is 5.10 Å². The molecule has 0 radical (unpaired) electrons. The summed E-state index contributed by atoms with van der Waals surface area (Å²) in [4.78, 5) is 12.2. The topological polar surface area (TPSA) is 56.1 Å². The molecule has 1 N–H and O–H groups in total. The number of nitrogens with zero attached hydrogens (tertiary/aromatic N) is 2. The summed E-state index contributed by atoms with van der Waals surface area (Å²) in [5, 5.41) is 7.95. The lowest BCUT2D eigenvalue weighted by Gasteiger charge is -2.21. The Morgan fingerprint density at radius 2 is 2.22 bits per heavy atom. The minimum Gasteiger partial charge on any atom is -0.461 e. The Kier molecular flexibility index (Phi) is 4.48. The third kappa shape index (κ3) is 2.88. The van der Waals surface area contributed by atoms with Crippen molar-refractivity contribution >= 4 is 5.97 Å². The van der Waals surface area contributed by atoms with E-state index < -0.39 is 0 Å². The number of carbonyl (C=O) groups excluding carboxylic acids is 1. The number of fused-ring (bicyclic) bond motifs is 1. The summed E-state index contributed by atoms with van der Waals surface area (Å²) in [6, 6.07) is 8.40. The van der Waals surface area contributed by atoms with Crippen molar-refractivity contribution in [3.8, 4) is 0 Å². The zero-order valence-electron chi connectivity index (χ0n) is 13.9. The summed E-state index contributed by atoms with van der Waals surface area (Å²) < 4.78 is 7.18. The molecule has 0 saturated carbocycles. The Morgan fingerprint density at radius 3 is 2.96 bits per heavy atom. The lowest BCUT2D eigenvalue weighted by Crippen LogP contribution is -2.26. The molecule has 5 nitrogen and oxygen atoms in total. The average Bonchev–Trinajstić information content (AvgIpc) is 2.95. The first-order valence-electron chi connectivity index (χ1n) is 8.17. The molecule has 0 amide bonds. The van der Waals surface area contributed by atoms with Gasteiger partial charge in [0.15, 0.2) is 5.69 Å². The molecule has 23 heavy (non-hydrogen) atoms. The molecule has 5 heteroatoms. The number of hydrogen-bond donors (Lipinski definition) is 1. The first-order valence-corrected chi connectivity index (χ1v) is 8.17. The van der Waals surface area contributed by atoms with Crippen molar-refractivity contribution in [2.75, 3.05) is 13.2 Å². The molecular formula is C18H23N3O2. The van der Waals surface area contributed by atoms with Gasteiger partial charge in [0.2, 0.25) is 0 Å². The molecule has 0 saturated heterocycles. The maximum atomic E-state index is 12.2. The van der Waals surface area contributed by atoms with Crippen molar-refractivity contribution in [3.05, 3.63) is 52.3 Å². The van der Waals surface area contributed by atoms with Crippen molar-refractivity contribution in [1.29, 1.82) is 0 Å². The lowest BCUT2D eigenvalue weighted by atomic mass is 10.0. The fraction of sp³-hybridized carbons (Fsp3) is 0.444. The van der Waals surface area contributed by atoms with Gasteiger partial charge in [0.05, 0.1) is 12.6 Å². The Labute approximate surface area is 136 Å². The average molecular weight is 313 g/mol. The van der Waals surface area contributed by atoms with Crippen LogP contribution in [0.15, 0.2) is 24.3 Å². The predicted molar refractivity (Wildman–Crippen MR) is 88.6 cm³/mol. The molecule has 2 heterocycles. The molecule has 0 spiro atoms. The van der Waals surface area contributed by atoms with Crippen molar-refractivity contribution in [2.24, 2.45) is 0 Å². The summed E-state index contributed by atoms with van der Waals surface area (Å²) >= 11 is 0. The van der Waals surface area contributed by atoms with Crippen LogP contribution in [-0.4, -0.2) is 28.9 Å². The van der Waals surface area contributed by atoms with Gasteiger partial charge in [-0.25, -0.2) is 4.79 Å². The Hall–Kier alpha value is -2.14. The highest BCUT2D eigenvalue weighted by atomic mass is 16.5. The normalized spacial score (nSPS) is 15.1. The van der Waals surface area contributed by atoms with Gasteiger partial charge < -0.3 is 10.1 Å². The third-order valence-electron chi connectivity index (χ3n) is 4.43. The maximum Gasteiger partial charge on any atom is 0.359 e. The van der Waals surface area contributed by atoms with E-state index in [2.05, 4.69) is 36.4 Å². The fourth-order valence-corrected chi connectivity index (χ4v) is 3.25. The Balaban J connectivity index is 2.05. The number of aryl methyl sites for hydroxylation is 1. The predicted octanol–water partition coefficient (Wildman–Crippen LogP) is 2.62. The van der Waals surface area contributed by atoms with Crippen molar-refractivity contribution in [1.82, 2.24) is 15.1 Å². The van der Waals surface area contributed by atoms with Gasteiger partial charge in [-0.1, -0.05) is 24.3 Å². The van der Waals surface area contributed by atoms with Crippen LogP contribution in [-0.2, 0) is 17.7 Å². The number of benzene rings is 1. The number of carbonyl (C=O) groups is 1. The number of nitrogens with one attached hydrogen (secondary N) is 1. The standard InChI is InChI=1S/C18H23N3O2/c1-4-23-18(22)17-15-11-19-10-9-16(15)21(20-17)13(3)14-8-6-5-7-12(14)2/h5-8,13,19H,4,9-11H2,1-3H3. The molecule has 1 aliphatic rings. The molecule has 122 valence electrons. The quantitative estimate of drug-likeness (QED) is 0.882. The second kappa shape index (κ2) is 6.54. The van der Waals surface area contributed by atoms with Gasteiger partial charge in [-0.15, -0.1) is 0 Å². The highest BCUT2D eigenvalue weighted by molar-refractivity contribution is 5.89. The van der Waals surface area contributed by atoms with E-state index in [4.69, 9.17) is 4.74 Å². The molecule has 1 unspecified atom stereocenters. The number of ether oxygens (including phenoxy) is 1. The van der Waals surface area contributed by atoms with E-state index in [0.717, 1.165) is 24.2 Å². The van der Waals surface area contributed by atoms with Gasteiger partial charge in [-0.05, 0) is 31.9 Å².